The monoisotopic (exact) mass is 313 g/mol. The van der Waals surface area contributed by atoms with Crippen LogP contribution in [0.5, 0.6) is 0 Å². The van der Waals surface area contributed by atoms with Gasteiger partial charge in [-0.05, 0) is 6.07 Å². The number of sulfone groups is 1. The van der Waals surface area contributed by atoms with Gasteiger partial charge in [0.1, 0.15) is 5.75 Å². The molecule has 116 valence electrons. The molecule has 8 nitrogen and oxygen atoms in total. The summed E-state index contributed by atoms with van der Waals surface area (Å²) in [7, 11) is -3.40. The topological polar surface area (TPSA) is 109 Å². The second-order valence-corrected chi connectivity index (χ2v) is 6.98. The SMILES string of the molecule is NCCS(=O)(=O)CC(=O)N1CCN(c2ncccn2)CC1. The van der Waals surface area contributed by atoms with Crippen molar-refractivity contribution in [3.63, 3.8) is 0 Å². The lowest BCUT2D eigenvalue weighted by atomic mass is 10.3. The summed E-state index contributed by atoms with van der Waals surface area (Å²) in [6.45, 7) is 2.15. The molecule has 1 amide bonds. The van der Waals surface area contributed by atoms with Gasteiger partial charge < -0.3 is 15.5 Å². The Labute approximate surface area is 123 Å². The highest BCUT2D eigenvalue weighted by atomic mass is 32.2. The first-order chi connectivity index (χ1) is 10.0. The molecule has 1 aromatic rings. The predicted octanol–water partition coefficient (Wildman–Crippen LogP) is -1.50. The van der Waals surface area contributed by atoms with Crippen LogP contribution in [0.15, 0.2) is 18.5 Å². The number of piperazine rings is 1. The Morgan fingerprint density at radius 2 is 1.81 bits per heavy atom. The van der Waals surface area contributed by atoms with E-state index in [9.17, 15) is 13.2 Å². The van der Waals surface area contributed by atoms with E-state index in [1.165, 1.54) is 0 Å². The molecule has 0 saturated carbocycles. The first kappa shape index (κ1) is 15.6. The molecule has 1 aliphatic rings. The summed E-state index contributed by atoms with van der Waals surface area (Å²) < 4.78 is 23.2. The first-order valence-corrected chi connectivity index (χ1v) is 8.54. The quantitative estimate of drug-likeness (QED) is 0.704. The van der Waals surface area contributed by atoms with E-state index in [2.05, 4.69) is 9.97 Å². The number of nitrogens with two attached hydrogens (primary N) is 1. The minimum Gasteiger partial charge on any atom is -0.338 e. The van der Waals surface area contributed by atoms with E-state index in [4.69, 9.17) is 5.73 Å². The van der Waals surface area contributed by atoms with E-state index in [0.717, 1.165) is 0 Å². The fourth-order valence-electron chi connectivity index (χ4n) is 2.14. The van der Waals surface area contributed by atoms with Crippen LogP contribution in [0.4, 0.5) is 5.95 Å². The Morgan fingerprint density at radius 3 is 2.38 bits per heavy atom. The third kappa shape index (κ3) is 4.36. The highest BCUT2D eigenvalue weighted by Gasteiger charge is 2.25. The molecule has 2 rings (SSSR count). The molecule has 1 aromatic heterocycles. The van der Waals surface area contributed by atoms with Crippen molar-refractivity contribution in [3.8, 4) is 0 Å². The number of carbonyl (C=O) groups excluding carboxylic acids is 1. The van der Waals surface area contributed by atoms with Crippen LogP contribution in [0.25, 0.3) is 0 Å². The van der Waals surface area contributed by atoms with Gasteiger partial charge in [-0.15, -0.1) is 0 Å². The fourth-order valence-corrected chi connectivity index (χ4v) is 3.20. The number of anilines is 1. The first-order valence-electron chi connectivity index (χ1n) is 6.72. The Balaban J connectivity index is 1.88. The van der Waals surface area contributed by atoms with Crippen molar-refractivity contribution < 1.29 is 13.2 Å². The van der Waals surface area contributed by atoms with Crippen molar-refractivity contribution in [1.82, 2.24) is 14.9 Å². The highest BCUT2D eigenvalue weighted by Crippen LogP contribution is 2.10. The number of rotatable bonds is 5. The summed E-state index contributed by atoms with van der Waals surface area (Å²) in [5, 5.41) is 0. The molecule has 0 spiro atoms. The van der Waals surface area contributed by atoms with Gasteiger partial charge in [-0.25, -0.2) is 18.4 Å². The third-order valence-electron chi connectivity index (χ3n) is 3.24. The van der Waals surface area contributed by atoms with Gasteiger partial charge in [-0.1, -0.05) is 0 Å². The van der Waals surface area contributed by atoms with E-state index in [1.54, 1.807) is 23.4 Å². The second kappa shape index (κ2) is 6.81. The zero-order valence-corrected chi connectivity index (χ0v) is 12.5. The summed E-state index contributed by atoms with van der Waals surface area (Å²) in [6, 6.07) is 1.74. The maximum atomic E-state index is 12.0. The molecule has 1 aliphatic heterocycles. The zero-order valence-electron chi connectivity index (χ0n) is 11.7. The number of nitrogens with zero attached hydrogens (tertiary/aromatic N) is 4. The van der Waals surface area contributed by atoms with Gasteiger partial charge in [0.2, 0.25) is 11.9 Å². The van der Waals surface area contributed by atoms with Crippen LogP contribution in [-0.4, -0.2) is 73.4 Å². The Hall–Kier alpha value is -1.74. The van der Waals surface area contributed by atoms with Crippen molar-refractivity contribution in [3.05, 3.63) is 18.5 Å². The largest absolute Gasteiger partial charge is 0.338 e. The number of amides is 1. The minimum absolute atomic E-state index is 0.0364. The number of hydrogen-bond donors (Lipinski definition) is 1. The van der Waals surface area contributed by atoms with Crippen LogP contribution >= 0.6 is 0 Å². The molecule has 0 aliphatic carbocycles. The smallest absolute Gasteiger partial charge is 0.237 e. The molecule has 1 saturated heterocycles. The van der Waals surface area contributed by atoms with Gasteiger partial charge in [-0.2, -0.15) is 0 Å². The summed E-state index contributed by atoms with van der Waals surface area (Å²) >= 11 is 0. The molecule has 1 fully saturated rings. The summed E-state index contributed by atoms with van der Waals surface area (Å²) in [6.07, 6.45) is 3.33. The lowest BCUT2D eigenvalue weighted by Crippen LogP contribution is -2.50. The van der Waals surface area contributed by atoms with Gasteiger partial charge in [0.25, 0.3) is 0 Å². The number of hydrogen-bond acceptors (Lipinski definition) is 7. The van der Waals surface area contributed by atoms with Crippen molar-refractivity contribution in [1.29, 1.82) is 0 Å². The van der Waals surface area contributed by atoms with Crippen molar-refractivity contribution in [2.45, 2.75) is 0 Å². The lowest BCUT2D eigenvalue weighted by Gasteiger charge is -2.34. The molecule has 2 N–H and O–H groups in total. The predicted molar refractivity (Wildman–Crippen MR) is 78.5 cm³/mol. The standard InChI is InChI=1S/C12H19N5O3S/c13-2-9-21(19,20)10-11(18)16-5-7-17(8-6-16)12-14-3-1-4-15-12/h1,3-4H,2,5-10,13H2. The normalized spacial score (nSPS) is 16.0. The minimum atomic E-state index is -3.40. The molecule has 0 bridgehead atoms. The maximum absolute atomic E-state index is 12.0. The maximum Gasteiger partial charge on any atom is 0.237 e. The Kier molecular flexibility index (Phi) is 5.07. The summed E-state index contributed by atoms with van der Waals surface area (Å²) in [5.74, 6) is -0.361. The summed E-state index contributed by atoms with van der Waals surface area (Å²) in [4.78, 5) is 23.8. The summed E-state index contributed by atoms with van der Waals surface area (Å²) in [5.41, 5.74) is 5.23. The fraction of sp³-hybridized carbons (Fsp3) is 0.583. The molecule has 0 aromatic carbocycles. The van der Waals surface area contributed by atoms with Crippen molar-refractivity contribution in [2.24, 2.45) is 5.73 Å². The van der Waals surface area contributed by atoms with Crippen LogP contribution in [0.2, 0.25) is 0 Å². The van der Waals surface area contributed by atoms with Gasteiger partial charge in [0, 0.05) is 45.1 Å². The van der Waals surface area contributed by atoms with Gasteiger partial charge in [-0.3, -0.25) is 4.79 Å². The molecule has 9 heteroatoms. The van der Waals surface area contributed by atoms with Gasteiger partial charge >= 0.3 is 0 Å². The average molecular weight is 313 g/mol. The van der Waals surface area contributed by atoms with E-state index < -0.39 is 15.6 Å². The highest BCUT2D eigenvalue weighted by molar-refractivity contribution is 7.92. The Morgan fingerprint density at radius 1 is 1.19 bits per heavy atom. The molecule has 0 radical (unpaired) electrons. The molecule has 0 unspecified atom stereocenters. The number of aromatic nitrogens is 2. The average Bonchev–Trinajstić information content (AvgIpc) is 2.48. The zero-order chi connectivity index (χ0) is 15.3. The van der Waals surface area contributed by atoms with Gasteiger partial charge in [0.05, 0.1) is 5.75 Å². The second-order valence-electron chi connectivity index (χ2n) is 4.80. The van der Waals surface area contributed by atoms with Crippen LogP contribution < -0.4 is 10.6 Å². The molecule has 0 atom stereocenters. The van der Waals surface area contributed by atoms with E-state index in [0.29, 0.717) is 32.1 Å². The van der Waals surface area contributed by atoms with E-state index >= 15 is 0 Å². The molecular weight excluding hydrogens is 294 g/mol. The van der Waals surface area contributed by atoms with Gasteiger partial charge in [0.15, 0.2) is 9.84 Å². The van der Waals surface area contributed by atoms with Crippen molar-refractivity contribution >= 4 is 21.7 Å². The van der Waals surface area contributed by atoms with Crippen LogP contribution in [-0.2, 0) is 14.6 Å². The molecule has 2 heterocycles. The number of carbonyl (C=O) groups is 1. The molecular formula is C12H19N5O3S. The van der Waals surface area contributed by atoms with Crippen LogP contribution in [0.1, 0.15) is 0 Å². The van der Waals surface area contributed by atoms with Crippen LogP contribution in [0, 0.1) is 0 Å². The Bertz CT molecular complexity index is 570. The third-order valence-corrected chi connectivity index (χ3v) is 4.78. The van der Waals surface area contributed by atoms with Crippen LogP contribution in [0.3, 0.4) is 0 Å². The van der Waals surface area contributed by atoms with Crippen molar-refractivity contribution in [2.75, 3.05) is 49.1 Å². The van der Waals surface area contributed by atoms with E-state index in [1.807, 2.05) is 4.90 Å². The molecule has 21 heavy (non-hydrogen) atoms. The lowest BCUT2D eigenvalue weighted by molar-refractivity contribution is -0.128. The van der Waals surface area contributed by atoms with E-state index in [-0.39, 0.29) is 18.2 Å².